The van der Waals surface area contributed by atoms with Gasteiger partial charge in [-0.2, -0.15) is 0 Å². The Bertz CT molecular complexity index is 383. The van der Waals surface area contributed by atoms with Crippen molar-refractivity contribution in [1.82, 2.24) is 0 Å². The van der Waals surface area contributed by atoms with Crippen LogP contribution in [0.2, 0.25) is 0 Å². The second-order valence-electron chi connectivity index (χ2n) is 4.83. The quantitative estimate of drug-likeness (QED) is 0.541. The number of benzene rings is 1. The molecule has 0 radical (unpaired) electrons. The second kappa shape index (κ2) is 7.00. The maximum Gasteiger partial charge on any atom is 0.306 e. The van der Waals surface area contributed by atoms with Gasteiger partial charge >= 0.3 is 5.97 Å². The lowest BCUT2D eigenvalue weighted by atomic mass is 9.81. The van der Waals surface area contributed by atoms with E-state index in [-0.39, 0.29) is 11.4 Å². The molecule has 0 spiro atoms. The molecule has 2 nitrogen and oxygen atoms in total. The van der Waals surface area contributed by atoms with Gasteiger partial charge in [0.15, 0.2) is 0 Å². The third kappa shape index (κ3) is 4.74. The highest BCUT2D eigenvalue weighted by Gasteiger charge is 2.24. The van der Waals surface area contributed by atoms with Crippen molar-refractivity contribution in [3.8, 4) is 0 Å². The molecule has 0 saturated carbocycles. The van der Waals surface area contributed by atoms with Crippen LogP contribution in [0.4, 0.5) is 0 Å². The number of carbonyl (C=O) groups excluding carboxylic acids is 1. The molecule has 0 aliphatic heterocycles. The zero-order valence-electron chi connectivity index (χ0n) is 11.3. The minimum Gasteiger partial charge on any atom is -0.466 e. The predicted octanol–water partition coefficient (Wildman–Crippen LogP) is 3.76. The largest absolute Gasteiger partial charge is 0.466 e. The molecule has 2 heteroatoms. The average molecular weight is 246 g/mol. The van der Waals surface area contributed by atoms with Crippen LogP contribution < -0.4 is 0 Å². The Balaban J connectivity index is 2.54. The van der Waals surface area contributed by atoms with E-state index in [0.717, 1.165) is 12.8 Å². The van der Waals surface area contributed by atoms with Crippen LogP contribution in [0.3, 0.4) is 0 Å². The first kappa shape index (κ1) is 14.5. The van der Waals surface area contributed by atoms with Crippen LogP contribution in [0.5, 0.6) is 0 Å². The van der Waals surface area contributed by atoms with E-state index in [0.29, 0.717) is 13.0 Å². The van der Waals surface area contributed by atoms with Crippen molar-refractivity contribution in [2.75, 3.05) is 6.61 Å². The normalized spacial score (nSPS) is 13.7. The lowest BCUT2D eigenvalue weighted by Crippen LogP contribution is -2.20. The summed E-state index contributed by atoms with van der Waals surface area (Å²) in [6.45, 7) is 8.17. The summed E-state index contributed by atoms with van der Waals surface area (Å²) >= 11 is 0. The fourth-order valence-electron chi connectivity index (χ4n) is 1.88. The van der Waals surface area contributed by atoms with E-state index in [1.807, 2.05) is 31.2 Å². The number of hydrogen-bond donors (Lipinski definition) is 0. The maximum atomic E-state index is 11.6. The van der Waals surface area contributed by atoms with E-state index >= 15 is 0 Å². The highest BCUT2D eigenvalue weighted by atomic mass is 16.5. The summed E-state index contributed by atoms with van der Waals surface area (Å²) in [6, 6.07) is 10.3. The van der Waals surface area contributed by atoms with Crippen LogP contribution in [0.1, 0.15) is 32.3 Å². The lowest BCUT2D eigenvalue weighted by molar-refractivity contribution is -0.145. The first-order valence-corrected chi connectivity index (χ1v) is 6.43. The molecular weight excluding hydrogens is 224 g/mol. The summed E-state index contributed by atoms with van der Waals surface area (Å²) < 4.78 is 5.00. The van der Waals surface area contributed by atoms with Crippen LogP contribution in [-0.4, -0.2) is 12.6 Å². The zero-order valence-corrected chi connectivity index (χ0v) is 11.3. The van der Waals surface area contributed by atoms with Gasteiger partial charge in [-0.1, -0.05) is 43.3 Å². The zero-order chi connectivity index (χ0) is 13.4. The second-order valence-corrected chi connectivity index (χ2v) is 4.83. The van der Waals surface area contributed by atoms with Gasteiger partial charge in [0.1, 0.15) is 0 Å². The van der Waals surface area contributed by atoms with Gasteiger partial charge in [0, 0.05) is 0 Å². The number of hydrogen-bond acceptors (Lipinski definition) is 2. The Labute approximate surface area is 110 Å². The number of esters is 1. The molecule has 0 saturated heterocycles. The molecule has 0 bridgehead atoms. The van der Waals surface area contributed by atoms with Gasteiger partial charge in [-0.05, 0) is 30.7 Å². The average Bonchev–Trinajstić information content (AvgIpc) is 2.38. The SMILES string of the molecule is C=C[C@@](C)(CCc1ccccc1)CC(=O)OCC. The van der Waals surface area contributed by atoms with Crippen molar-refractivity contribution in [3.63, 3.8) is 0 Å². The standard InChI is InChI=1S/C16H22O2/c1-4-16(3,13-15(17)18-5-2)12-11-14-9-7-6-8-10-14/h4,6-10H,1,5,11-13H2,2-3H3/t16-/m0/s1. The minimum absolute atomic E-state index is 0.145. The van der Waals surface area contributed by atoms with Crippen LogP contribution in [0.15, 0.2) is 43.0 Å². The molecule has 1 aromatic rings. The van der Waals surface area contributed by atoms with Gasteiger partial charge in [0.2, 0.25) is 0 Å². The van der Waals surface area contributed by atoms with E-state index < -0.39 is 0 Å². The number of allylic oxidation sites excluding steroid dienone is 1. The highest BCUT2D eigenvalue weighted by Crippen LogP contribution is 2.29. The molecule has 1 rings (SSSR count). The molecule has 0 N–H and O–H groups in total. The summed E-state index contributed by atoms with van der Waals surface area (Å²) in [5.74, 6) is -0.145. The monoisotopic (exact) mass is 246 g/mol. The smallest absolute Gasteiger partial charge is 0.306 e. The van der Waals surface area contributed by atoms with Crippen molar-refractivity contribution >= 4 is 5.97 Å². The molecule has 0 heterocycles. The molecule has 0 aromatic heterocycles. The summed E-state index contributed by atoms with van der Waals surface area (Å²) in [5.41, 5.74) is 1.09. The molecular formula is C16H22O2. The number of carbonyl (C=O) groups is 1. The fraction of sp³-hybridized carbons (Fsp3) is 0.438. The van der Waals surface area contributed by atoms with Crippen LogP contribution >= 0.6 is 0 Å². The Morgan fingerprint density at radius 2 is 2.06 bits per heavy atom. The van der Waals surface area contributed by atoms with Crippen molar-refractivity contribution in [1.29, 1.82) is 0 Å². The molecule has 0 aliphatic rings. The molecule has 98 valence electrons. The Kier molecular flexibility index (Phi) is 5.63. The Hall–Kier alpha value is -1.57. The Morgan fingerprint density at radius 1 is 1.39 bits per heavy atom. The van der Waals surface area contributed by atoms with Crippen LogP contribution in [-0.2, 0) is 16.0 Å². The summed E-state index contributed by atoms with van der Waals surface area (Å²) in [7, 11) is 0. The fourth-order valence-corrected chi connectivity index (χ4v) is 1.88. The van der Waals surface area contributed by atoms with E-state index in [2.05, 4.69) is 25.6 Å². The molecule has 18 heavy (non-hydrogen) atoms. The molecule has 0 amide bonds. The third-order valence-electron chi connectivity index (χ3n) is 3.17. The van der Waals surface area contributed by atoms with Crippen LogP contribution in [0, 0.1) is 5.41 Å². The first-order valence-electron chi connectivity index (χ1n) is 6.43. The molecule has 1 atom stereocenters. The van der Waals surface area contributed by atoms with Crippen molar-refractivity contribution < 1.29 is 9.53 Å². The predicted molar refractivity (Wildman–Crippen MR) is 74.3 cm³/mol. The lowest BCUT2D eigenvalue weighted by Gasteiger charge is -2.24. The number of aryl methyl sites for hydroxylation is 1. The van der Waals surface area contributed by atoms with Gasteiger partial charge in [0.05, 0.1) is 13.0 Å². The van der Waals surface area contributed by atoms with Crippen molar-refractivity contribution in [2.24, 2.45) is 5.41 Å². The van der Waals surface area contributed by atoms with Crippen molar-refractivity contribution in [3.05, 3.63) is 48.6 Å². The first-order chi connectivity index (χ1) is 8.59. The summed E-state index contributed by atoms with van der Waals surface area (Å²) in [4.78, 5) is 11.6. The van der Waals surface area contributed by atoms with Gasteiger partial charge in [-0.15, -0.1) is 6.58 Å². The van der Waals surface area contributed by atoms with Gasteiger partial charge in [-0.3, -0.25) is 4.79 Å². The third-order valence-corrected chi connectivity index (χ3v) is 3.17. The molecule has 0 fully saturated rings. The van der Waals surface area contributed by atoms with Crippen LogP contribution in [0.25, 0.3) is 0 Å². The topological polar surface area (TPSA) is 26.3 Å². The maximum absolute atomic E-state index is 11.6. The number of rotatable bonds is 7. The molecule has 1 aromatic carbocycles. The summed E-state index contributed by atoms with van der Waals surface area (Å²) in [5, 5.41) is 0. The summed E-state index contributed by atoms with van der Waals surface area (Å²) in [6.07, 6.45) is 4.12. The number of ether oxygens (including phenoxy) is 1. The van der Waals surface area contributed by atoms with E-state index in [1.165, 1.54) is 5.56 Å². The van der Waals surface area contributed by atoms with Crippen molar-refractivity contribution in [2.45, 2.75) is 33.1 Å². The van der Waals surface area contributed by atoms with Gasteiger partial charge in [0.25, 0.3) is 0 Å². The molecule has 0 unspecified atom stereocenters. The Morgan fingerprint density at radius 3 is 2.61 bits per heavy atom. The minimum atomic E-state index is -0.192. The van der Waals surface area contributed by atoms with Gasteiger partial charge < -0.3 is 4.74 Å². The molecule has 0 aliphatic carbocycles. The van der Waals surface area contributed by atoms with E-state index in [4.69, 9.17) is 4.74 Å². The highest BCUT2D eigenvalue weighted by molar-refractivity contribution is 5.70. The van der Waals surface area contributed by atoms with E-state index in [9.17, 15) is 4.79 Å². The van der Waals surface area contributed by atoms with Gasteiger partial charge in [-0.25, -0.2) is 0 Å². The van der Waals surface area contributed by atoms with E-state index in [1.54, 1.807) is 0 Å².